The van der Waals surface area contributed by atoms with Crippen molar-refractivity contribution in [2.75, 3.05) is 12.4 Å². The Labute approximate surface area is 169 Å². The van der Waals surface area contributed by atoms with Crippen LogP contribution in [0.2, 0.25) is 10.0 Å². The molecular weight excluding hydrogens is 409 g/mol. The van der Waals surface area contributed by atoms with Crippen LogP contribution in [-0.2, 0) is 0 Å². The fourth-order valence-electron chi connectivity index (χ4n) is 2.63. The van der Waals surface area contributed by atoms with Gasteiger partial charge in [-0.2, -0.15) is 0 Å². The van der Waals surface area contributed by atoms with Crippen molar-refractivity contribution in [3.63, 3.8) is 0 Å². The number of ether oxygens (including phenoxy) is 1. The Kier molecular flexibility index (Phi) is 5.53. The van der Waals surface area contributed by atoms with E-state index in [1.54, 1.807) is 25.1 Å². The molecule has 0 atom stereocenters. The molecule has 0 bridgehead atoms. The predicted octanol–water partition coefficient (Wildman–Crippen LogP) is 5.13. The van der Waals surface area contributed by atoms with E-state index in [1.165, 1.54) is 25.3 Å². The first-order valence-corrected chi connectivity index (χ1v) is 8.63. The topological polar surface area (TPSA) is 108 Å². The van der Waals surface area contributed by atoms with E-state index in [-0.39, 0.29) is 34.1 Å². The molecule has 1 heterocycles. The number of hydrogen-bond acceptors (Lipinski definition) is 6. The molecule has 0 radical (unpaired) electrons. The highest BCUT2D eigenvalue weighted by atomic mass is 35.5. The molecule has 0 spiro atoms. The molecule has 0 aliphatic heterocycles. The summed E-state index contributed by atoms with van der Waals surface area (Å²) in [7, 11) is 1.39. The zero-order valence-corrected chi connectivity index (χ0v) is 16.2. The molecule has 0 saturated carbocycles. The van der Waals surface area contributed by atoms with Gasteiger partial charge in [0, 0.05) is 17.7 Å². The van der Waals surface area contributed by atoms with Crippen molar-refractivity contribution in [2.45, 2.75) is 6.92 Å². The molecule has 3 rings (SSSR count). The van der Waals surface area contributed by atoms with Gasteiger partial charge >= 0.3 is 0 Å². The number of hydrogen-bond donors (Lipinski definition) is 1. The van der Waals surface area contributed by atoms with Gasteiger partial charge in [-0.25, -0.2) is 0 Å². The molecule has 28 heavy (non-hydrogen) atoms. The van der Waals surface area contributed by atoms with Crippen LogP contribution in [0.3, 0.4) is 0 Å². The average molecular weight is 422 g/mol. The first-order chi connectivity index (χ1) is 13.3. The minimum absolute atomic E-state index is 0.101. The second kappa shape index (κ2) is 7.87. The van der Waals surface area contributed by atoms with Crippen LogP contribution in [-0.4, -0.2) is 23.1 Å². The zero-order chi connectivity index (χ0) is 20.4. The van der Waals surface area contributed by atoms with E-state index in [4.69, 9.17) is 32.5 Å². The number of nitro groups is 1. The fraction of sp³-hybridized carbons (Fsp3) is 0.111. The van der Waals surface area contributed by atoms with Gasteiger partial charge < -0.3 is 14.6 Å². The van der Waals surface area contributed by atoms with Crippen molar-refractivity contribution in [3.8, 4) is 17.0 Å². The first-order valence-electron chi connectivity index (χ1n) is 7.88. The van der Waals surface area contributed by atoms with Crippen LogP contribution in [0.1, 0.15) is 16.1 Å². The zero-order valence-electron chi connectivity index (χ0n) is 14.7. The molecule has 0 aliphatic rings. The molecule has 0 unspecified atom stereocenters. The van der Waals surface area contributed by atoms with E-state index in [0.717, 1.165) is 0 Å². The van der Waals surface area contributed by atoms with E-state index in [2.05, 4.69) is 10.5 Å². The van der Waals surface area contributed by atoms with Gasteiger partial charge in [-0.1, -0.05) is 34.4 Å². The highest BCUT2D eigenvalue weighted by Crippen LogP contribution is 2.37. The Morgan fingerprint density at radius 2 is 1.93 bits per heavy atom. The molecule has 1 N–H and O–H groups in total. The van der Waals surface area contributed by atoms with Crippen molar-refractivity contribution in [1.82, 2.24) is 5.16 Å². The van der Waals surface area contributed by atoms with Gasteiger partial charge in [-0.3, -0.25) is 14.9 Å². The number of aryl methyl sites for hydroxylation is 1. The summed E-state index contributed by atoms with van der Waals surface area (Å²) in [6.07, 6.45) is 0. The maximum atomic E-state index is 12.9. The largest absolute Gasteiger partial charge is 0.495 e. The number of halogens is 2. The normalized spacial score (nSPS) is 10.6. The minimum Gasteiger partial charge on any atom is -0.495 e. The molecule has 144 valence electrons. The summed E-state index contributed by atoms with van der Waals surface area (Å²) in [5.74, 6) is -0.123. The molecule has 3 aromatic rings. The van der Waals surface area contributed by atoms with Crippen molar-refractivity contribution in [3.05, 3.63) is 67.9 Å². The second-order valence-electron chi connectivity index (χ2n) is 5.65. The SMILES string of the molecule is COc1ccc([N+](=O)[O-])cc1NC(=O)c1c(-c2c(Cl)cccc2Cl)noc1C. The number of anilines is 1. The number of rotatable bonds is 5. The lowest BCUT2D eigenvalue weighted by Crippen LogP contribution is -2.14. The molecule has 1 amide bonds. The maximum Gasteiger partial charge on any atom is 0.271 e. The molecule has 2 aromatic carbocycles. The number of benzene rings is 2. The number of methoxy groups -OCH3 is 1. The summed E-state index contributed by atoms with van der Waals surface area (Å²) < 4.78 is 10.3. The summed E-state index contributed by atoms with van der Waals surface area (Å²) in [5.41, 5.74) is 0.531. The standard InChI is InChI=1S/C18H13Cl2N3O5/c1-9-15(17(22-28-9)16-11(19)4-3-5-12(16)20)18(24)21-13-8-10(23(25)26)6-7-14(13)27-2/h3-8H,1-2H3,(H,21,24). The Hall–Kier alpha value is -3.10. The molecule has 0 saturated heterocycles. The Morgan fingerprint density at radius 3 is 2.54 bits per heavy atom. The van der Waals surface area contributed by atoms with E-state index in [1.807, 2.05) is 0 Å². The number of nitrogens with one attached hydrogen (secondary N) is 1. The lowest BCUT2D eigenvalue weighted by Gasteiger charge is -2.11. The number of non-ortho nitro benzene ring substituents is 1. The molecule has 0 aliphatic carbocycles. The monoisotopic (exact) mass is 421 g/mol. The summed E-state index contributed by atoms with van der Waals surface area (Å²) in [5, 5.41) is 18.1. The lowest BCUT2D eigenvalue weighted by molar-refractivity contribution is -0.384. The molecule has 0 fully saturated rings. The molecule has 10 heteroatoms. The molecule has 1 aromatic heterocycles. The van der Waals surface area contributed by atoms with Gasteiger partial charge in [0.05, 0.1) is 27.8 Å². The van der Waals surface area contributed by atoms with Crippen LogP contribution in [0.25, 0.3) is 11.3 Å². The molecular formula is C18H13Cl2N3O5. The maximum absolute atomic E-state index is 12.9. The Bertz CT molecular complexity index is 1060. The van der Waals surface area contributed by atoms with Gasteiger partial charge in [0.25, 0.3) is 11.6 Å². The number of carbonyl (C=O) groups excluding carboxylic acids is 1. The molecule has 8 nitrogen and oxygen atoms in total. The van der Waals surface area contributed by atoms with Gasteiger partial charge in [0.1, 0.15) is 22.8 Å². The van der Waals surface area contributed by atoms with Crippen LogP contribution >= 0.6 is 23.2 Å². The Balaban J connectivity index is 2.05. The van der Waals surface area contributed by atoms with E-state index < -0.39 is 10.8 Å². The summed E-state index contributed by atoms with van der Waals surface area (Å²) in [6.45, 7) is 1.56. The number of nitrogens with zero attached hydrogens (tertiary/aromatic N) is 2. The highest BCUT2D eigenvalue weighted by molar-refractivity contribution is 6.39. The third-order valence-electron chi connectivity index (χ3n) is 3.93. The van der Waals surface area contributed by atoms with Crippen LogP contribution in [0.4, 0.5) is 11.4 Å². The van der Waals surface area contributed by atoms with E-state index in [0.29, 0.717) is 15.6 Å². The van der Waals surface area contributed by atoms with E-state index in [9.17, 15) is 14.9 Å². The Morgan fingerprint density at radius 1 is 1.25 bits per heavy atom. The third-order valence-corrected chi connectivity index (χ3v) is 4.56. The van der Waals surface area contributed by atoms with E-state index >= 15 is 0 Å². The second-order valence-corrected chi connectivity index (χ2v) is 6.47. The quantitative estimate of drug-likeness (QED) is 0.451. The van der Waals surface area contributed by atoms with Gasteiger partial charge in [-0.15, -0.1) is 0 Å². The summed E-state index contributed by atoms with van der Waals surface area (Å²) in [4.78, 5) is 23.4. The van der Waals surface area contributed by atoms with Gasteiger partial charge in [0.15, 0.2) is 0 Å². The average Bonchev–Trinajstić information content (AvgIpc) is 3.02. The third kappa shape index (κ3) is 3.64. The summed E-state index contributed by atoms with van der Waals surface area (Å²) >= 11 is 12.4. The van der Waals surface area contributed by atoms with Gasteiger partial charge in [0.2, 0.25) is 0 Å². The number of carbonyl (C=O) groups is 1. The van der Waals surface area contributed by atoms with Gasteiger partial charge in [-0.05, 0) is 25.1 Å². The smallest absolute Gasteiger partial charge is 0.271 e. The van der Waals surface area contributed by atoms with Crippen molar-refractivity contribution >= 4 is 40.5 Å². The van der Waals surface area contributed by atoms with Crippen molar-refractivity contribution in [2.24, 2.45) is 0 Å². The number of aromatic nitrogens is 1. The predicted molar refractivity (Wildman–Crippen MR) is 104 cm³/mol. The number of nitro benzene ring substituents is 1. The minimum atomic E-state index is -0.608. The highest BCUT2D eigenvalue weighted by Gasteiger charge is 2.26. The van der Waals surface area contributed by atoms with Crippen molar-refractivity contribution < 1.29 is 19.0 Å². The van der Waals surface area contributed by atoms with Crippen molar-refractivity contribution in [1.29, 1.82) is 0 Å². The first kappa shape index (κ1) is 19.7. The fourth-order valence-corrected chi connectivity index (χ4v) is 3.20. The van der Waals surface area contributed by atoms with Crippen LogP contribution in [0, 0.1) is 17.0 Å². The van der Waals surface area contributed by atoms with Crippen LogP contribution in [0.15, 0.2) is 40.9 Å². The van der Waals surface area contributed by atoms with Crippen LogP contribution < -0.4 is 10.1 Å². The summed E-state index contributed by atoms with van der Waals surface area (Å²) in [6, 6.07) is 8.74. The lowest BCUT2D eigenvalue weighted by atomic mass is 10.1. The van der Waals surface area contributed by atoms with Crippen LogP contribution in [0.5, 0.6) is 5.75 Å². The number of amides is 1.